The molecule has 1 atom stereocenters. The zero-order valence-electron chi connectivity index (χ0n) is 6.54. The summed E-state index contributed by atoms with van der Waals surface area (Å²) in [5.74, 6) is 0.0456. The second kappa shape index (κ2) is 3.48. The average molecular weight is 156 g/mol. The third-order valence-electron chi connectivity index (χ3n) is 1.89. The summed E-state index contributed by atoms with van der Waals surface area (Å²) in [6, 6.07) is -0.249. The molecule has 1 aliphatic rings. The molecular formula is C7H12N2O2. The molecular weight excluding hydrogens is 144 g/mol. The molecule has 0 aromatic heterocycles. The first kappa shape index (κ1) is 8.20. The van der Waals surface area contributed by atoms with Crippen molar-refractivity contribution < 1.29 is 9.59 Å². The normalized spacial score (nSPS) is 24.8. The lowest BCUT2D eigenvalue weighted by Crippen LogP contribution is -2.53. The van der Waals surface area contributed by atoms with Gasteiger partial charge in [-0.05, 0) is 6.92 Å². The number of hydrogen-bond acceptors (Lipinski definition) is 3. The van der Waals surface area contributed by atoms with Gasteiger partial charge in [0, 0.05) is 19.6 Å². The van der Waals surface area contributed by atoms with Gasteiger partial charge in [0.2, 0.25) is 6.41 Å². The van der Waals surface area contributed by atoms with Gasteiger partial charge in [0.25, 0.3) is 0 Å². The zero-order chi connectivity index (χ0) is 8.27. The molecule has 11 heavy (non-hydrogen) atoms. The molecule has 1 saturated heterocycles. The first-order valence-electron chi connectivity index (χ1n) is 3.68. The smallest absolute Gasteiger partial charge is 0.210 e. The topological polar surface area (TPSA) is 49.4 Å². The molecule has 1 heterocycles. The van der Waals surface area contributed by atoms with Gasteiger partial charge in [-0.2, -0.15) is 0 Å². The van der Waals surface area contributed by atoms with Crippen molar-refractivity contribution in [3.63, 3.8) is 0 Å². The second-order valence-electron chi connectivity index (χ2n) is 2.67. The van der Waals surface area contributed by atoms with Gasteiger partial charge in [0.05, 0.1) is 0 Å². The van der Waals surface area contributed by atoms with Crippen LogP contribution in [0.25, 0.3) is 0 Å². The molecule has 4 heteroatoms. The van der Waals surface area contributed by atoms with Crippen LogP contribution in [-0.4, -0.2) is 42.8 Å². The van der Waals surface area contributed by atoms with Gasteiger partial charge in [-0.15, -0.1) is 0 Å². The van der Waals surface area contributed by atoms with Crippen LogP contribution in [0.1, 0.15) is 6.92 Å². The SMILES string of the molecule is CC(=O)C1CNCCN1C=O. The van der Waals surface area contributed by atoms with E-state index in [9.17, 15) is 9.59 Å². The summed E-state index contributed by atoms with van der Waals surface area (Å²) in [5.41, 5.74) is 0. The molecule has 1 fully saturated rings. The van der Waals surface area contributed by atoms with Crippen molar-refractivity contribution in [3.8, 4) is 0 Å². The number of piperazine rings is 1. The minimum absolute atomic E-state index is 0.0456. The Hall–Kier alpha value is -0.900. The van der Waals surface area contributed by atoms with E-state index in [1.54, 1.807) is 4.90 Å². The number of carbonyl (C=O) groups is 2. The van der Waals surface area contributed by atoms with Crippen molar-refractivity contribution in [1.29, 1.82) is 0 Å². The lowest BCUT2D eigenvalue weighted by Gasteiger charge is -2.31. The summed E-state index contributed by atoms with van der Waals surface area (Å²) >= 11 is 0. The fourth-order valence-electron chi connectivity index (χ4n) is 1.22. The first-order valence-corrected chi connectivity index (χ1v) is 3.68. The molecule has 1 amide bonds. The highest BCUT2D eigenvalue weighted by Crippen LogP contribution is 2.00. The van der Waals surface area contributed by atoms with Crippen molar-refractivity contribution in [2.75, 3.05) is 19.6 Å². The molecule has 1 N–H and O–H groups in total. The van der Waals surface area contributed by atoms with Crippen molar-refractivity contribution in [1.82, 2.24) is 10.2 Å². The number of ketones is 1. The van der Waals surface area contributed by atoms with Crippen LogP contribution in [-0.2, 0) is 9.59 Å². The molecule has 4 nitrogen and oxygen atoms in total. The lowest BCUT2D eigenvalue weighted by molar-refractivity contribution is -0.131. The van der Waals surface area contributed by atoms with E-state index in [2.05, 4.69) is 5.32 Å². The maximum Gasteiger partial charge on any atom is 0.210 e. The second-order valence-corrected chi connectivity index (χ2v) is 2.67. The van der Waals surface area contributed by atoms with E-state index in [1.165, 1.54) is 6.92 Å². The number of carbonyl (C=O) groups excluding carboxylic acids is 2. The monoisotopic (exact) mass is 156 g/mol. The fraction of sp³-hybridized carbons (Fsp3) is 0.714. The van der Waals surface area contributed by atoms with Crippen LogP contribution in [0.3, 0.4) is 0 Å². The highest BCUT2D eigenvalue weighted by Gasteiger charge is 2.23. The van der Waals surface area contributed by atoms with E-state index >= 15 is 0 Å². The van der Waals surface area contributed by atoms with Crippen LogP contribution in [0.5, 0.6) is 0 Å². The molecule has 1 aliphatic heterocycles. The number of nitrogens with zero attached hydrogens (tertiary/aromatic N) is 1. The average Bonchev–Trinajstić information content (AvgIpc) is 2.04. The maximum absolute atomic E-state index is 10.9. The van der Waals surface area contributed by atoms with Crippen LogP contribution >= 0.6 is 0 Å². The van der Waals surface area contributed by atoms with Gasteiger partial charge in [0.15, 0.2) is 5.78 Å². The van der Waals surface area contributed by atoms with Crippen molar-refractivity contribution >= 4 is 12.2 Å². The highest BCUT2D eigenvalue weighted by molar-refractivity contribution is 5.83. The Morgan fingerprint density at radius 2 is 2.45 bits per heavy atom. The number of nitrogens with one attached hydrogen (secondary N) is 1. The molecule has 1 rings (SSSR count). The molecule has 62 valence electrons. The van der Waals surface area contributed by atoms with Crippen LogP contribution in [0.15, 0.2) is 0 Å². The lowest BCUT2D eigenvalue weighted by atomic mass is 10.1. The third kappa shape index (κ3) is 1.77. The van der Waals surface area contributed by atoms with E-state index in [0.717, 1.165) is 13.0 Å². The number of rotatable bonds is 2. The molecule has 0 aliphatic carbocycles. The van der Waals surface area contributed by atoms with E-state index in [4.69, 9.17) is 0 Å². The van der Waals surface area contributed by atoms with Crippen LogP contribution in [0.2, 0.25) is 0 Å². The summed E-state index contributed by atoms with van der Waals surface area (Å²) in [7, 11) is 0. The Morgan fingerprint density at radius 1 is 1.73 bits per heavy atom. The standard InChI is InChI=1S/C7H12N2O2/c1-6(11)7-4-8-2-3-9(7)5-10/h5,7-8H,2-4H2,1H3. The van der Waals surface area contributed by atoms with Gasteiger partial charge in [0.1, 0.15) is 6.04 Å². The minimum Gasteiger partial charge on any atom is -0.333 e. The van der Waals surface area contributed by atoms with Gasteiger partial charge in [-0.3, -0.25) is 9.59 Å². The van der Waals surface area contributed by atoms with Crippen LogP contribution in [0.4, 0.5) is 0 Å². The molecule has 0 aromatic rings. The van der Waals surface area contributed by atoms with E-state index in [-0.39, 0.29) is 11.8 Å². The van der Waals surface area contributed by atoms with Gasteiger partial charge < -0.3 is 10.2 Å². The molecule has 1 unspecified atom stereocenters. The Labute approximate surface area is 65.6 Å². The highest BCUT2D eigenvalue weighted by atomic mass is 16.1. The Balaban J connectivity index is 2.58. The molecule has 0 spiro atoms. The van der Waals surface area contributed by atoms with Gasteiger partial charge in [-0.1, -0.05) is 0 Å². The van der Waals surface area contributed by atoms with Crippen molar-refractivity contribution in [2.45, 2.75) is 13.0 Å². The summed E-state index contributed by atoms with van der Waals surface area (Å²) in [5, 5.41) is 3.06. The summed E-state index contributed by atoms with van der Waals surface area (Å²) in [6.45, 7) is 3.51. The summed E-state index contributed by atoms with van der Waals surface area (Å²) in [4.78, 5) is 22.9. The quantitative estimate of drug-likeness (QED) is 0.522. The van der Waals surface area contributed by atoms with Crippen LogP contribution < -0.4 is 5.32 Å². The van der Waals surface area contributed by atoms with E-state index in [1.807, 2.05) is 0 Å². The molecule has 0 radical (unpaired) electrons. The largest absolute Gasteiger partial charge is 0.333 e. The molecule has 0 bridgehead atoms. The zero-order valence-corrected chi connectivity index (χ0v) is 6.54. The number of amides is 1. The van der Waals surface area contributed by atoms with Gasteiger partial charge in [-0.25, -0.2) is 0 Å². The predicted octanol–water partition coefficient (Wildman–Crippen LogP) is -0.994. The Kier molecular flexibility index (Phi) is 2.59. The van der Waals surface area contributed by atoms with Crippen molar-refractivity contribution in [3.05, 3.63) is 0 Å². The Morgan fingerprint density at radius 3 is 2.91 bits per heavy atom. The van der Waals surface area contributed by atoms with Crippen LogP contribution in [0, 0.1) is 0 Å². The predicted molar refractivity (Wildman–Crippen MR) is 40.1 cm³/mol. The maximum atomic E-state index is 10.9. The minimum atomic E-state index is -0.249. The molecule has 0 saturated carbocycles. The van der Waals surface area contributed by atoms with E-state index in [0.29, 0.717) is 13.1 Å². The summed E-state index contributed by atoms with van der Waals surface area (Å²) < 4.78 is 0. The Bertz CT molecular complexity index is 170. The van der Waals surface area contributed by atoms with Crippen molar-refractivity contribution in [2.24, 2.45) is 0 Å². The van der Waals surface area contributed by atoms with Gasteiger partial charge >= 0.3 is 0 Å². The fourth-order valence-corrected chi connectivity index (χ4v) is 1.22. The third-order valence-corrected chi connectivity index (χ3v) is 1.89. The number of Topliss-reactive ketones (excluding diaryl/α,β-unsaturated/α-hetero) is 1. The summed E-state index contributed by atoms with van der Waals surface area (Å²) in [6.07, 6.45) is 0.743. The number of hydrogen-bond donors (Lipinski definition) is 1. The first-order chi connectivity index (χ1) is 5.25. The van der Waals surface area contributed by atoms with E-state index < -0.39 is 0 Å². The molecule has 0 aromatic carbocycles.